The Morgan fingerprint density at radius 2 is 2.21 bits per heavy atom. The van der Waals surface area contributed by atoms with Crippen LogP contribution in [-0.4, -0.2) is 21.6 Å². The maximum atomic E-state index is 5.60. The summed E-state index contributed by atoms with van der Waals surface area (Å²) in [5, 5.41) is 0.983. The summed E-state index contributed by atoms with van der Waals surface area (Å²) >= 11 is 7.32. The zero-order valence-electron chi connectivity index (χ0n) is 7.66. The van der Waals surface area contributed by atoms with Gasteiger partial charge in [0, 0.05) is 11.6 Å². The van der Waals surface area contributed by atoms with E-state index in [4.69, 9.17) is 11.6 Å². The van der Waals surface area contributed by atoms with Crippen molar-refractivity contribution in [2.24, 2.45) is 0 Å². The molecule has 0 aliphatic rings. The average molecular weight is 227 g/mol. The van der Waals surface area contributed by atoms with Crippen LogP contribution in [0.15, 0.2) is 29.4 Å². The molecule has 0 atom stereocenters. The number of hydrogen-bond acceptors (Lipinski definition) is 2. The molecule has 0 radical (unpaired) electrons. The largest absolute Gasteiger partial charge is 0.333 e. The Morgan fingerprint density at radius 1 is 1.36 bits per heavy atom. The van der Waals surface area contributed by atoms with Gasteiger partial charge in [-0.3, -0.25) is 0 Å². The van der Waals surface area contributed by atoms with Crippen LogP contribution in [0.25, 0.3) is 11.0 Å². The summed E-state index contributed by atoms with van der Waals surface area (Å²) < 4.78 is 0. The van der Waals surface area contributed by atoms with Crippen LogP contribution in [0.4, 0.5) is 0 Å². The summed E-state index contributed by atoms with van der Waals surface area (Å²) in [5.41, 5.74) is 2.13. The smallest absolute Gasteiger partial charge is 0.166 e. The van der Waals surface area contributed by atoms with Crippen molar-refractivity contribution in [2.75, 3.05) is 11.6 Å². The second-order valence-corrected chi connectivity index (χ2v) is 4.41. The minimum Gasteiger partial charge on any atom is -0.333 e. The van der Waals surface area contributed by atoms with Crippen LogP contribution in [0.5, 0.6) is 0 Å². The molecule has 1 N–H and O–H groups in total. The molecule has 1 aromatic carbocycles. The number of aromatic amines is 1. The number of benzene rings is 1. The van der Waals surface area contributed by atoms with E-state index >= 15 is 0 Å². The van der Waals surface area contributed by atoms with Crippen LogP contribution in [0.3, 0.4) is 0 Å². The second kappa shape index (κ2) is 4.71. The number of halogens is 1. The van der Waals surface area contributed by atoms with E-state index in [0.29, 0.717) is 5.88 Å². The molecule has 1 aromatic heterocycles. The predicted octanol–water partition coefficient (Wildman–Crippen LogP) is 3.28. The number of hydrogen-bond donors (Lipinski definition) is 1. The molecular weight excluding hydrogens is 216 g/mol. The van der Waals surface area contributed by atoms with Gasteiger partial charge in [-0.25, -0.2) is 4.98 Å². The summed E-state index contributed by atoms with van der Waals surface area (Å²) in [6.45, 7) is 0. The van der Waals surface area contributed by atoms with E-state index < -0.39 is 0 Å². The molecule has 2 nitrogen and oxygen atoms in total. The highest BCUT2D eigenvalue weighted by Crippen LogP contribution is 2.19. The lowest BCUT2D eigenvalue weighted by Gasteiger charge is -1.92. The third-order valence-electron chi connectivity index (χ3n) is 1.88. The van der Waals surface area contributed by atoms with Crippen molar-refractivity contribution in [2.45, 2.75) is 11.6 Å². The molecule has 0 saturated carbocycles. The van der Waals surface area contributed by atoms with E-state index in [0.717, 1.165) is 28.4 Å². The van der Waals surface area contributed by atoms with Crippen LogP contribution in [-0.2, 0) is 0 Å². The second-order valence-electron chi connectivity index (χ2n) is 2.95. The van der Waals surface area contributed by atoms with Gasteiger partial charge in [-0.05, 0) is 18.6 Å². The Morgan fingerprint density at radius 3 is 3.00 bits per heavy atom. The molecule has 0 aliphatic carbocycles. The van der Waals surface area contributed by atoms with Gasteiger partial charge in [-0.2, -0.15) is 0 Å². The molecule has 1 heterocycles. The van der Waals surface area contributed by atoms with E-state index in [1.807, 2.05) is 24.3 Å². The Bertz CT molecular complexity index is 380. The van der Waals surface area contributed by atoms with E-state index in [9.17, 15) is 0 Å². The molecule has 0 saturated heterocycles. The van der Waals surface area contributed by atoms with Crippen molar-refractivity contribution >= 4 is 34.4 Å². The molecule has 0 fully saturated rings. The Balaban J connectivity index is 2.11. The van der Waals surface area contributed by atoms with Gasteiger partial charge >= 0.3 is 0 Å². The third-order valence-corrected chi connectivity index (χ3v) is 3.11. The molecule has 0 unspecified atom stereocenters. The van der Waals surface area contributed by atoms with E-state index in [2.05, 4.69) is 9.97 Å². The molecule has 0 amide bonds. The van der Waals surface area contributed by atoms with Crippen LogP contribution in [0.2, 0.25) is 0 Å². The zero-order valence-corrected chi connectivity index (χ0v) is 9.24. The summed E-state index contributed by atoms with van der Waals surface area (Å²) in [6.07, 6.45) is 1.02. The van der Waals surface area contributed by atoms with Gasteiger partial charge in [0.1, 0.15) is 0 Å². The Kier molecular flexibility index (Phi) is 3.32. The number of alkyl halides is 1. The van der Waals surface area contributed by atoms with Gasteiger partial charge in [-0.15, -0.1) is 11.6 Å². The summed E-state index contributed by atoms with van der Waals surface area (Å²) in [4.78, 5) is 7.71. The number of para-hydroxylation sites is 2. The quantitative estimate of drug-likeness (QED) is 0.493. The number of rotatable bonds is 4. The van der Waals surface area contributed by atoms with Gasteiger partial charge in [-0.1, -0.05) is 23.9 Å². The topological polar surface area (TPSA) is 28.7 Å². The zero-order chi connectivity index (χ0) is 9.80. The molecular formula is C10H11ClN2S. The fraction of sp³-hybridized carbons (Fsp3) is 0.300. The van der Waals surface area contributed by atoms with Gasteiger partial charge < -0.3 is 4.98 Å². The first-order valence-corrected chi connectivity index (χ1v) is 6.05. The number of imidazole rings is 1. The molecule has 0 aliphatic heterocycles. The lowest BCUT2D eigenvalue weighted by atomic mass is 10.3. The normalized spacial score (nSPS) is 10.9. The number of nitrogens with one attached hydrogen (secondary N) is 1. The van der Waals surface area contributed by atoms with Gasteiger partial charge in [0.25, 0.3) is 0 Å². The summed E-state index contributed by atoms with van der Waals surface area (Å²) in [5.74, 6) is 1.73. The highest BCUT2D eigenvalue weighted by atomic mass is 35.5. The minimum atomic E-state index is 0.716. The lowest BCUT2D eigenvalue weighted by Crippen LogP contribution is -1.81. The van der Waals surface area contributed by atoms with Crippen LogP contribution < -0.4 is 0 Å². The standard InChI is InChI=1S/C10H11ClN2S/c11-6-3-7-14-10-12-8-4-1-2-5-9(8)13-10/h1-2,4-5H,3,6-7H2,(H,12,13). The van der Waals surface area contributed by atoms with Crippen molar-refractivity contribution < 1.29 is 0 Å². The van der Waals surface area contributed by atoms with Crippen molar-refractivity contribution in [3.63, 3.8) is 0 Å². The molecule has 0 bridgehead atoms. The SMILES string of the molecule is ClCCCSc1nc2ccccc2[nH]1. The molecule has 2 rings (SSSR count). The monoisotopic (exact) mass is 226 g/mol. The summed E-state index contributed by atoms with van der Waals surface area (Å²) in [6, 6.07) is 8.05. The molecule has 14 heavy (non-hydrogen) atoms. The van der Waals surface area contributed by atoms with Gasteiger partial charge in [0.15, 0.2) is 5.16 Å². The number of fused-ring (bicyclic) bond motifs is 1. The number of nitrogens with zero attached hydrogens (tertiary/aromatic N) is 1. The maximum absolute atomic E-state index is 5.60. The minimum absolute atomic E-state index is 0.716. The van der Waals surface area contributed by atoms with Crippen LogP contribution in [0, 0.1) is 0 Å². The van der Waals surface area contributed by atoms with E-state index in [1.54, 1.807) is 11.8 Å². The predicted molar refractivity (Wildman–Crippen MR) is 62.2 cm³/mol. The fourth-order valence-electron chi connectivity index (χ4n) is 1.22. The first-order valence-electron chi connectivity index (χ1n) is 4.53. The Hall–Kier alpha value is -0.670. The maximum Gasteiger partial charge on any atom is 0.166 e. The first kappa shape index (κ1) is 9.87. The molecule has 74 valence electrons. The molecule has 0 spiro atoms. The van der Waals surface area contributed by atoms with E-state index in [-0.39, 0.29) is 0 Å². The first-order chi connectivity index (χ1) is 6.90. The molecule has 4 heteroatoms. The van der Waals surface area contributed by atoms with Crippen molar-refractivity contribution in [3.05, 3.63) is 24.3 Å². The fourth-order valence-corrected chi connectivity index (χ4v) is 2.34. The van der Waals surface area contributed by atoms with Gasteiger partial charge in [0.2, 0.25) is 0 Å². The number of thioether (sulfide) groups is 1. The number of H-pyrrole nitrogens is 1. The van der Waals surface area contributed by atoms with Crippen LogP contribution >= 0.6 is 23.4 Å². The summed E-state index contributed by atoms with van der Waals surface area (Å²) in [7, 11) is 0. The van der Waals surface area contributed by atoms with Crippen molar-refractivity contribution in [3.8, 4) is 0 Å². The third kappa shape index (κ3) is 2.22. The highest BCUT2D eigenvalue weighted by molar-refractivity contribution is 7.99. The van der Waals surface area contributed by atoms with Crippen molar-refractivity contribution in [1.29, 1.82) is 0 Å². The number of aromatic nitrogens is 2. The van der Waals surface area contributed by atoms with Crippen LogP contribution in [0.1, 0.15) is 6.42 Å². The van der Waals surface area contributed by atoms with Gasteiger partial charge in [0.05, 0.1) is 11.0 Å². The Labute approximate surface area is 92.1 Å². The average Bonchev–Trinajstić information content (AvgIpc) is 2.60. The van der Waals surface area contributed by atoms with E-state index in [1.165, 1.54) is 0 Å². The van der Waals surface area contributed by atoms with Crippen molar-refractivity contribution in [1.82, 2.24) is 9.97 Å². The molecule has 2 aromatic rings. The highest BCUT2D eigenvalue weighted by Gasteiger charge is 2.01. The lowest BCUT2D eigenvalue weighted by molar-refractivity contribution is 1.06.